The number of hydrogen-bond donors (Lipinski definition) is 1. The van der Waals surface area contributed by atoms with Crippen molar-refractivity contribution in [2.24, 2.45) is 0 Å². The number of hydrogen-bond acceptors (Lipinski definition) is 5. The van der Waals surface area contributed by atoms with Gasteiger partial charge in [-0.2, -0.15) is 9.78 Å². The van der Waals surface area contributed by atoms with Crippen molar-refractivity contribution in [2.45, 2.75) is 32.4 Å². The quantitative estimate of drug-likeness (QED) is 0.654. The van der Waals surface area contributed by atoms with Crippen LogP contribution >= 0.6 is 0 Å². The van der Waals surface area contributed by atoms with Crippen molar-refractivity contribution in [3.63, 3.8) is 0 Å². The molecule has 0 radical (unpaired) electrons. The minimum Gasteiger partial charge on any atom is -0.376 e. The monoisotopic (exact) mass is 420 g/mol. The molecule has 1 aliphatic rings. The summed E-state index contributed by atoms with van der Waals surface area (Å²) in [6, 6.07) is 16.3. The van der Waals surface area contributed by atoms with Gasteiger partial charge in [0.05, 0.1) is 18.3 Å². The highest BCUT2D eigenvalue weighted by atomic mass is 16.5. The van der Waals surface area contributed by atoms with E-state index in [1.54, 1.807) is 24.3 Å². The number of carbonyl (C=O) groups is 1. The van der Waals surface area contributed by atoms with Crippen LogP contribution in [0.4, 0.5) is 0 Å². The Kier molecular flexibility index (Phi) is 6.08. The van der Waals surface area contributed by atoms with E-state index >= 15 is 0 Å². The Morgan fingerprint density at radius 1 is 1.13 bits per heavy atom. The molecule has 0 unspecified atom stereocenters. The Labute approximate surface area is 179 Å². The number of nitrogens with zero attached hydrogens (tertiary/aromatic N) is 3. The fourth-order valence-corrected chi connectivity index (χ4v) is 3.51. The molecule has 1 N–H and O–H groups in total. The summed E-state index contributed by atoms with van der Waals surface area (Å²) >= 11 is 0. The first-order valence-corrected chi connectivity index (χ1v) is 10.3. The van der Waals surface area contributed by atoms with Crippen LogP contribution in [0.5, 0.6) is 0 Å². The van der Waals surface area contributed by atoms with Crippen LogP contribution < -0.4 is 16.6 Å². The van der Waals surface area contributed by atoms with Crippen molar-refractivity contribution < 1.29 is 9.53 Å². The average molecular weight is 420 g/mol. The summed E-state index contributed by atoms with van der Waals surface area (Å²) in [7, 11) is 0. The lowest BCUT2D eigenvalue weighted by atomic mass is 10.1. The second-order valence-electron chi connectivity index (χ2n) is 7.60. The molecule has 1 atom stereocenters. The smallest absolute Gasteiger partial charge is 0.352 e. The van der Waals surface area contributed by atoms with Gasteiger partial charge >= 0.3 is 5.69 Å². The SMILES string of the molecule is Cc1ccc(Cn2c(=O)c(C(=O)NC[C@H]3CCCO3)nn(-c3ccccc3)c2=O)cc1. The third kappa shape index (κ3) is 4.64. The molecule has 2 heterocycles. The van der Waals surface area contributed by atoms with Crippen molar-refractivity contribution in [2.75, 3.05) is 13.2 Å². The van der Waals surface area contributed by atoms with E-state index in [1.165, 1.54) is 0 Å². The van der Waals surface area contributed by atoms with Gasteiger partial charge in [-0.05, 0) is 37.5 Å². The van der Waals surface area contributed by atoms with Crippen LogP contribution in [0.15, 0.2) is 64.2 Å². The second kappa shape index (κ2) is 9.09. The Bertz CT molecular complexity index is 1180. The van der Waals surface area contributed by atoms with E-state index in [9.17, 15) is 14.4 Å². The molecule has 1 saturated heterocycles. The summed E-state index contributed by atoms with van der Waals surface area (Å²) in [5.41, 5.74) is 0.671. The number of nitrogens with one attached hydrogen (secondary N) is 1. The number of benzene rings is 2. The molecule has 160 valence electrons. The highest BCUT2D eigenvalue weighted by Crippen LogP contribution is 2.10. The average Bonchev–Trinajstić information content (AvgIpc) is 3.31. The molecular formula is C23H24N4O4. The highest BCUT2D eigenvalue weighted by molar-refractivity contribution is 5.91. The van der Waals surface area contributed by atoms with Crippen LogP contribution in [-0.4, -0.2) is 39.5 Å². The van der Waals surface area contributed by atoms with Crippen molar-refractivity contribution in [1.29, 1.82) is 0 Å². The molecule has 1 aliphatic heterocycles. The van der Waals surface area contributed by atoms with Crippen LogP contribution in [0, 0.1) is 6.92 Å². The lowest BCUT2D eigenvalue weighted by molar-refractivity contribution is 0.0849. The molecule has 0 spiro atoms. The zero-order valence-electron chi connectivity index (χ0n) is 17.3. The molecule has 31 heavy (non-hydrogen) atoms. The van der Waals surface area contributed by atoms with Crippen molar-refractivity contribution >= 4 is 5.91 Å². The Morgan fingerprint density at radius 2 is 1.87 bits per heavy atom. The van der Waals surface area contributed by atoms with Gasteiger partial charge in [-0.25, -0.2) is 4.79 Å². The molecule has 0 saturated carbocycles. The third-order valence-electron chi connectivity index (χ3n) is 5.25. The highest BCUT2D eigenvalue weighted by Gasteiger charge is 2.22. The topological polar surface area (TPSA) is 95.2 Å². The van der Waals surface area contributed by atoms with Crippen LogP contribution in [0.3, 0.4) is 0 Å². The summed E-state index contributed by atoms with van der Waals surface area (Å²) in [6.45, 7) is 2.96. The fourth-order valence-electron chi connectivity index (χ4n) is 3.51. The lowest BCUT2D eigenvalue weighted by Crippen LogP contribution is -2.46. The molecule has 3 aromatic rings. The zero-order valence-corrected chi connectivity index (χ0v) is 17.3. The van der Waals surface area contributed by atoms with Gasteiger partial charge in [0.1, 0.15) is 0 Å². The fraction of sp³-hybridized carbons (Fsp3) is 0.304. The largest absolute Gasteiger partial charge is 0.376 e. The molecular weight excluding hydrogens is 396 g/mol. The lowest BCUT2D eigenvalue weighted by Gasteiger charge is -2.14. The second-order valence-corrected chi connectivity index (χ2v) is 7.60. The summed E-state index contributed by atoms with van der Waals surface area (Å²) in [5.74, 6) is -0.622. The van der Waals surface area contributed by atoms with E-state index in [-0.39, 0.29) is 18.3 Å². The van der Waals surface area contributed by atoms with Crippen molar-refractivity contribution in [3.8, 4) is 5.69 Å². The van der Waals surface area contributed by atoms with Gasteiger partial charge in [0, 0.05) is 13.2 Å². The Balaban J connectivity index is 1.74. The molecule has 1 fully saturated rings. The maximum atomic E-state index is 13.1. The van der Waals surface area contributed by atoms with Gasteiger partial charge in [0.2, 0.25) is 5.69 Å². The minimum absolute atomic E-state index is 0.0410. The van der Waals surface area contributed by atoms with E-state index in [0.717, 1.165) is 33.2 Å². The summed E-state index contributed by atoms with van der Waals surface area (Å²) in [6.07, 6.45) is 1.73. The predicted molar refractivity (Wildman–Crippen MR) is 116 cm³/mol. The molecule has 0 aliphatic carbocycles. The number of carbonyl (C=O) groups excluding carboxylic acids is 1. The van der Waals surface area contributed by atoms with Gasteiger partial charge < -0.3 is 10.1 Å². The number of aryl methyl sites for hydroxylation is 1. The Morgan fingerprint density at radius 3 is 2.55 bits per heavy atom. The van der Waals surface area contributed by atoms with Crippen molar-refractivity contribution in [3.05, 3.63) is 92.3 Å². The first-order valence-electron chi connectivity index (χ1n) is 10.3. The van der Waals surface area contributed by atoms with Gasteiger partial charge in [-0.1, -0.05) is 48.0 Å². The molecule has 4 rings (SSSR count). The number of para-hydroxylation sites is 1. The number of aromatic nitrogens is 3. The van der Waals surface area contributed by atoms with E-state index in [0.29, 0.717) is 18.8 Å². The van der Waals surface area contributed by atoms with E-state index in [4.69, 9.17) is 4.74 Å². The van der Waals surface area contributed by atoms with Crippen LogP contribution in [0.2, 0.25) is 0 Å². The standard InChI is InChI=1S/C23H24N4O4/c1-16-9-11-17(12-10-16)15-26-22(29)20(21(28)24-14-19-8-5-13-31-19)25-27(23(26)30)18-6-3-2-4-7-18/h2-4,6-7,9-12,19H,5,8,13-15H2,1H3,(H,24,28)/t19-/m1/s1. The number of amides is 1. The van der Waals surface area contributed by atoms with Crippen LogP contribution in [-0.2, 0) is 11.3 Å². The number of ether oxygens (including phenoxy) is 1. The first kappa shape index (κ1) is 20.7. The van der Waals surface area contributed by atoms with Crippen molar-refractivity contribution in [1.82, 2.24) is 19.7 Å². The van der Waals surface area contributed by atoms with E-state index in [1.807, 2.05) is 37.3 Å². The molecule has 1 aromatic heterocycles. The number of rotatable bonds is 6. The summed E-state index contributed by atoms with van der Waals surface area (Å²) in [5, 5.41) is 6.84. The normalized spacial score (nSPS) is 15.7. The van der Waals surface area contributed by atoms with Gasteiger partial charge in [0.25, 0.3) is 11.5 Å². The zero-order chi connectivity index (χ0) is 21.8. The summed E-state index contributed by atoms with van der Waals surface area (Å²) in [4.78, 5) is 39.0. The molecule has 0 bridgehead atoms. The minimum atomic E-state index is -0.720. The maximum absolute atomic E-state index is 13.1. The van der Waals surface area contributed by atoms with Gasteiger partial charge in [-0.3, -0.25) is 14.2 Å². The maximum Gasteiger partial charge on any atom is 0.352 e. The first-order chi connectivity index (χ1) is 15.0. The third-order valence-corrected chi connectivity index (χ3v) is 5.25. The van der Waals surface area contributed by atoms with E-state index in [2.05, 4.69) is 10.4 Å². The van der Waals surface area contributed by atoms with Crippen LogP contribution in [0.1, 0.15) is 34.5 Å². The molecule has 8 heteroatoms. The van der Waals surface area contributed by atoms with Crippen LogP contribution in [0.25, 0.3) is 5.69 Å². The Hall–Kier alpha value is -3.52. The van der Waals surface area contributed by atoms with Gasteiger partial charge in [0.15, 0.2) is 0 Å². The van der Waals surface area contributed by atoms with E-state index < -0.39 is 17.2 Å². The summed E-state index contributed by atoms with van der Waals surface area (Å²) < 4.78 is 7.66. The molecule has 2 aromatic carbocycles. The van der Waals surface area contributed by atoms with Gasteiger partial charge in [-0.15, -0.1) is 0 Å². The predicted octanol–water partition coefficient (Wildman–Crippen LogP) is 1.66. The molecule has 8 nitrogen and oxygen atoms in total. The molecule has 1 amide bonds.